The summed E-state index contributed by atoms with van der Waals surface area (Å²) < 4.78 is 5.10. The van der Waals surface area contributed by atoms with Gasteiger partial charge in [0, 0.05) is 13.1 Å². The lowest BCUT2D eigenvalue weighted by Crippen LogP contribution is -2.54. The molecule has 1 fully saturated rings. The summed E-state index contributed by atoms with van der Waals surface area (Å²) in [7, 11) is 0. The first kappa shape index (κ1) is 13.8. The molecule has 1 aliphatic rings. The van der Waals surface area contributed by atoms with Gasteiger partial charge >= 0.3 is 6.09 Å². The lowest BCUT2D eigenvalue weighted by molar-refractivity contribution is -0.123. The standard InChI is InChI=1S/C11H21N3O3/c1-11(2,3)17-10(16)14-8-7-12-5-4-6-13-9(8)15/h8,12H,4-7H2,1-3H3,(H,13,15)(H,14,16). The van der Waals surface area contributed by atoms with E-state index in [1.165, 1.54) is 0 Å². The molecule has 3 N–H and O–H groups in total. The summed E-state index contributed by atoms with van der Waals surface area (Å²) in [6, 6.07) is -0.579. The number of rotatable bonds is 1. The molecule has 1 heterocycles. The third-order valence-corrected chi connectivity index (χ3v) is 2.19. The molecule has 0 bridgehead atoms. The predicted octanol–water partition coefficient (Wildman–Crippen LogP) is -0.0108. The molecule has 6 heteroatoms. The minimum absolute atomic E-state index is 0.178. The van der Waals surface area contributed by atoms with E-state index in [4.69, 9.17) is 4.74 Å². The topological polar surface area (TPSA) is 79.5 Å². The summed E-state index contributed by atoms with van der Waals surface area (Å²) in [6.07, 6.45) is 0.324. The second-order valence-electron chi connectivity index (χ2n) is 5.05. The van der Waals surface area contributed by atoms with Gasteiger partial charge in [0.2, 0.25) is 5.91 Å². The zero-order chi connectivity index (χ0) is 12.9. The van der Waals surface area contributed by atoms with Crippen LogP contribution in [0.25, 0.3) is 0 Å². The zero-order valence-electron chi connectivity index (χ0n) is 10.6. The van der Waals surface area contributed by atoms with E-state index in [1.54, 1.807) is 20.8 Å². The molecule has 2 amide bonds. The lowest BCUT2D eigenvalue weighted by atomic mass is 10.2. The highest BCUT2D eigenvalue weighted by molar-refractivity contribution is 5.85. The molecule has 1 rings (SSSR count). The first-order valence-corrected chi connectivity index (χ1v) is 5.86. The minimum Gasteiger partial charge on any atom is -0.444 e. The number of alkyl carbamates (subject to hydrolysis) is 1. The number of amides is 2. The fourth-order valence-electron chi connectivity index (χ4n) is 1.45. The summed E-state index contributed by atoms with van der Waals surface area (Å²) in [6.45, 7) is 7.21. The highest BCUT2D eigenvalue weighted by Crippen LogP contribution is 2.06. The van der Waals surface area contributed by atoms with Gasteiger partial charge in [0.15, 0.2) is 0 Å². The van der Waals surface area contributed by atoms with E-state index in [1.807, 2.05) is 0 Å². The van der Waals surface area contributed by atoms with Crippen molar-refractivity contribution in [1.29, 1.82) is 0 Å². The van der Waals surface area contributed by atoms with Gasteiger partial charge in [-0.3, -0.25) is 4.79 Å². The van der Waals surface area contributed by atoms with Crippen molar-refractivity contribution < 1.29 is 14.3 Å². The maximum Gasteiger partial charge on any atom is 0.408 e. The van der Waals surface area contributed by atoms with Crippen molar-refractivity contribution in [2.75, 3.05) is 19.6 Å². The third kappa shape index (κ3) is 5.53. The van der Waals surface area contributed by atoms with Crippen molar-refractivity contribution in [3.8, 4) is 0 Å². The molecule has 0 aromatic carbocycles. The number of nitrogens with one attached hydrogen (secondary N) is 3. The van der Waals surface area contributed by atoms with Crippen molar-refractivity contribution in [1.82, 2.24) is 16.0 Å². The molecular formula is C11H21N3O3. The maximum atomic E-state index is 11.6. The summed E-state index contributed by atoms with van der Waals surface area (Å²) >= 11 is 0. The van der Waals surface area contributed by atoms with Crippen LogP contribution in [0.4, 0.5) is 4.79 Å². The van der Waals surface area contributed by atoms with Crippen molar-refractivity contribution in [3.05, 3.63) is 0 Å². The quantitative estimate of drug-likeness (QED) is 0.605. The monoisotopic (exact) mass is 243 g/mol. The van der Waals surface area contributed by atoms with Gasteiger partial charge in [-0.15, -0.1) is 0 Å². The van der Waals surface area contributed by atoms with Crippen molar-refractivity contribution >= 4 is 12.0 Å². The van der Waals surface area contributed by atoms with Crippen LogP contribution in [0, 0.1) is 0 Å². The number of hydrogen-bond donors (Lipinski definition) is 3. The van der Waals surface area contributed by atoms with Crippen molar-refractivity contribution in [2.45, 2.75) is 38.8 Å². The van der Waals surface area contributed by atoms with Crippen LogP contribution in [0.15, 0.2) is 0 Å². The van der Waals surface area contributed by atoms with Gasteiger partial charge in [-0.05, 0) is 33.7 Å². The summed E-state index contributed by atoms with van der Waals surface area (Å²) in [4.78, 5) is 23.2. The van der Waals surface area contributed by atoms with Crippen LogP contribution in [0.5, 0.6) is 0 Å². The number of carbonyl (C=O) groups is 2. The molecule has 1 saturated heterocycles. The van der Waals surface area contributed by atoms with E-state index in [2.05, 4.69) is 16.0 Å². The first-order chi connectivity index (χ1) is 7.88. The fraction of sp³-hybridized carbons (Fsp3) is 0.818. The average Bonchev–Trinajstić information content (AvgIpc) is 2.15. The molecule has 0 aromatic heterocycles. The second-order valence-corrected chi connectivity index (χ2v) is 5.05. The van der Waals surface area contributed by atoms with Crippen LogP contribution in [0.3, 0.4) is 0 Å². The Morgan fingerprint density at radius 3 is 2.76 bits per heavy atom. The van der Waals surface area contributed by atoms with E-state index in [0.717, 1.165) is 13.0 Å². The van der Waals surface area contributed by atoms with Gasteiger partial charge in [0.25, 0.3) is 0 Å². The highest BCUT2D eigenvalue weighted by atomic mass is 16.6. The molecule has 17 heavy (non-hydrogen) atoms. The molecule has 1 unspecified atom stereocenters. The molecule has 0 radical (unpaired) electrons. The minimum atomic E-state index is -0.579. The van der Waals surface area contributed by atoms with Crippen LogP contribution in [-0.2, 0) is 9.53 Å². The zero-order valence-corrected chi connectivity index (χ0v) is 10.6. The Labute approximate surface area is 101 Å². The van der Waals surface area contributed by atoms with Gasteiger partial charge in [-0.2, -0.15) is 0 Å². The van der Waals surface area contributed by atoms with Crippen LogP contribution in [-0.4, -0.2) is 43.3 Å². The third-order valence-electron chi connectivity index (χ3n) is 2.19. The van der Waals surface area contributed by atoms with Gasteiger partial charge in [-0.25, -0.2) is 4.79 Å². The number of carbonyl (C=O) groups excluding carboxylic acids is 2. The maximum absolute atomic E-state index is 11.6. The van der Waals surface area contributed by atoms with Gasteiger partial charge in [0.05, 0.1) is 0 Å². The van der Waals surface area contributed by atoms with Crippen LogP contribution in [0.2, 0.25) is 0 Å². The molecular weight excluding hydrogens is 222 g/mol. The Balaban J connectivity index is 2.47. The van der Waals surface area contributed by atoms with E-state index in [0.29, 0.717) is 13.1 Å². The molecule has 0 spiro atoms. The molecule has 1 atom stereocenters. The Morgan fingerprint density at radius 2 is 2.12 bits per heavy atom. The Bertz CT molecular complexity index is 286. The molecule has 0 aromatic rings. The molecule has 98 valence electrons. The predicted molar refractivity (Wildman–Crippen MR) is 63.7 cm³/mol. The molecule has 1 aliphatic heterocycles. The summed E-state index contributed by atoms with van der Waals surface area (Å²) in [5, 5.41) is 8.42. The molecule has 6 nitrogen and oxygen atoms in total. The lowest BCUT2D eigenvalue weighted by Gasteiger charge is -2.24. The van der Waals surface area contributed by atoms with Crippen LogP contribution < -0.4 is 16.0 Å². The van der Waals surface area contributed by atoms with Crippen molar-refractivity contribution in [3.63, 3.8) is 0 Å². The number of ether oxygens (including phenoxy) is 1. The largest absolute Gasteiger partial charge is 0.444 e. The normalized spacial score (nSPS) is 22.1. The van der Waals surface area contributed by atoms with Crippen LogP contribution in [0.1, 0.15) is 27.2 Å². The molecule has 0 saturated carbocycles. The Kier molecular flexibility index (Phi) is 4.74. The van der Waals surface area contributed by atoms with E-state index < -0.39 is 17.7 Å². The summed E-state index contributed by atoms with van der Waals surface area (Å²) in [5.41, 5.74) is -0.560. The van der Waals surface area contributed by atoms with Gasteiger partial charge < -0.3 is 20.7 Å². The number of hydrogen-bond acceptors (Lipinski definition) is 4. The first-order valence-electron chi connectivity index (χ1n) is 5.86. The molecule has 0 aliphatic carbocycles. The fourth-order valence-corrected chi connectivity index (χ4v) is 1.45. The second kappa shape index (κ2) is 5.86. The smallest absolute Gasteiger partial charge is 0.408 e. The Morgan fingerprint density at radius 1 is 1.41 bits per heavy atom. The van der Waals surface area contributed by atoms with Crippen molar-refractivity contribution in [2.24, 2.45) is 0 Å². The Hall–Kier alpha value is -1.30. The SMILES string of the molecule is CC(C)(C)OC(=O)NC1CNCCCNC1=O. The van der Waals surface area contributed by atoms with E-state index in [9.17, 15) is 9.59 Å². The van der Waals surface area contributed by atoms with Gasteiger partial charge in [0.1, 0.15) is 11.6 Å². The van der Waals surface area contributed by atoms with E-state index in [-0.39, 0.29) is 5.91 Å². The van der Waals surface area contributed by atoms with Gasteiger partial charge in [-0.1, -0.05) is 0 Å². The van der Waals surface area contributed by atoms with Crippen LogP contribution >= 0.6 is 0 Å². The highest BCUT2D eigenvalue weighted by Gasteiger charge is 2.24. The summed E-state index contributed by atoms with van der Waals surface area (Å²) in [5.74, 6) is -0.178. The van der Waals surface area contributed by atoms with E-state index >= 15 is 0 Å². The average molecular weight is 243 g/mol.